The number of hydrogen-bond acceptors (Lipinski definition) is 3. The van der Waals surface area contributed by atoms with Gasteiger partial charge in [0.2, 0.25) is 0 Å². The Hall–Kier alpha value is -0.943. The molecule has 0 spiro atoms. The van der Waals surface area contributed by atoms with Crippen molar-refractivity contribution >= 4 is 20.1 Å². The quantitative estimate of drug-likeness (QED) is 0.160. The summed E-state index contributed by atoms with van der Waals surface area (Å²) >= 11 is 0. The van der Waals surface area contributed by atoms with Crippen molar-refractivity contribution in [3.8, 4) is 0 Å². The Labute approximate surface area is 198 Å². The molecule has 2 atom stereocenters. The predicted molar refractivity (Wildman–Crippen MR) is 137 cm³/mol. The lowest BCUT2D eigenvalue weighted by atomic mass is 9.70. The number of ketones is 1. The molecule has 0 radical (unpaired) electrons. The highest BCUT2D eigenvalue weighted by Gasteiger charge is 2.46. The molecular formula is C27H50O4Si. The smallest absolute Gasteiger partial charge is 0.313 e. The molecule has 0 saturated heterocycles. The number of carboxylic acid groups (broad SMARTS) is 1. The Morgan fingerprint density at radius 1 is 1.00 bits per heavy atom. The fourth-order valence-corrected chi connectivity index (χ4v) is 6.34. The highest BCUT2D eigenvalue weighted by atomic mass is 28.4. The van der Waals surface area contributed by atoms with Crippen LogP contribution in [-0.4, -0.2) is 30.8 Å². The summed E-state index contributed by atoms with van der Waals surface area (Å²) in [7, 11) is -2.05. The van der Waals surface area contributed by atoms with Crippen molar-refractivity contribution in [1.29, 1.82) is 0 Å². The second-order valence-corrected chi connectivity index (χ2v) is 16.4. The lowest BCUT2D eigenvalue weighted by molar-refractivity contribution is -0.149. The van der Waals surface area contributed by atoms with E-state index in [0.29, 0.717) is 19.3 Å². The molecule has 0 heterocycles. The van der Waals surface area contributed by atoms with Crippen molar-refractivity contribution < 1.29 is 19.1 Å². The molecule has 0 aromatic carbocycles. The number of carboxylic acids is 1. The Morgan fingerprint density at radius 2 is 1.59 bits per heavy atom. The number of Topliss-reactive ketones (excluding diaryl/α,β-unsaturated/α-hetero) is 1. The first-order chi connectivity index (χ1) is 14.7. The van der Waals surface area contributed by atoms with Crippen LogP contribution >= 0.6 is 0 Å². The lowest BCUT2D eigenvalue weighted by Gasteiger charge is -2.44. The summed E-state index contributed by atoms with van der Waals surface area (Å²) in [5, 5.41) is 10.5. The second kappa shape index (κ2) is 12.0. The van der Waals surface area contributed by atoms with Crippen LogP contribution < -0.4 is 0 Å². The van der Waals surface area contributed by atoms with Gasteiger partial charge in [-0.05, 0) is 56.7 Å². The van der Waals surface area contributed by atoms with Gasteiger partial charge in [0.05, 0.1) is 11.0 Å². The van der Waals surface area contributed by atoms with E-state index in [1.807, 2.05) is 13.0 Å². The van der Waals surface area contributed by atoms with E-state index in [4.69, 9.17) is 4.43 Å². The molecule has 1 fully saturated rings. The molecule has 1 aliphatic carbocycles. The highest BCUT2D eigenvalue weighted by molar-refractivity contribution is 6.74. The van der Waals surface area contributed by atoms with Crippen LogP contribution in [0.5, 0.6) is 0 Å². The van der Waals surface area contributed by atoms with Gasteiger partial charge in [0.1, 0.15) is 5.78 Å². The van der Waals surface area contributed by atoms with Gasteiger partial charge in [-0.3, -0.25) is 9.59 Å². The first-order valence-electron chi connectivity index (χ1n) is 12.9. The van der Waals surface area contributed by atoms with Gasteiger partial charge in [-0.2, -0.15) is 0 Å². The number of carbonyl (C=O) groups excluding carboxylic acids is 1. The summed E-state index contributed by atoms with van der Waals surface area (Å²) in [6, 6.07) is 0. The molecule has 1 N–H and O–H groups in total. The summed E-state index contributed by atoms with van der Waals surface area (Å²) in [5.74, 6) is -0.549. The molecule has 0 bridgehead atoms. The SMILES string of the molecule is CCCCCC(C)(C=C[C@@](CCC(=O)CC)(C(=O)O)C1CCCC1)O[Si](C)(C)C(C)(C)C. The molecule has 0 aromatic rings. The van der Waals surface area contributed by atoms with E-state index >= 15 is 0 Å². The Bertz CT molecular complexity index is 643. The number of aliphatic carboxylic acids is 1. The minimum absolute atomic E-state index is 0.0791. The number of rotatable bonds is 14. The van der Waals surface area contributed by atoms with E-state index in [9.17, 15) is 14.7 Å². The monoisotopic (exact) mass is 466 g/mol. The van der Waals surface area contributed by atoms with Gasteiger partial charge < -0.3 is 9.53 Å². The summed E-state index contributed by atoms with van der Waals surface area (Å²) in [6.07, 6.45) is 13.4. The van der Waals surface area contributed by atoms with Crippen LogP contribution in [0, 0.1) is 11.3 Å². The topological polar surface area (TPSA) is 63.6 Å². The normalized spacial score (nSPS) is 19.8. The predicted octanol–water partition coefficient (Wildman–Crippen LogP) is 7.92. The maximum atomic E-state index is 12.7. The zero-order valence-corrected chi connectivity index (χ0v) is 23.2. The molecule has 1 aliphatic rings. The highest BCUT2D eigenvalue weighted by Crippen LogP contribution is 2.46. The van der Waals surface area contributed by atoms with Crippen LogP contribution in [0.3, 0.4) is 0 Å². The zero-order valence-electron chi connectivity index (χ0n) is 22.2. The van der Waals surface area contributed by atoms with Crippen molar-refractivity contribution in [2.24, 2.45) is 11.3 Å². The van der Waals surface area contributed by atoms with Gasteiger partial charge in [-0.1, -0.05) is 78.9 Å². The van der Waals surface area contributed by atoms with E-state index in [-0.39, 0.29) is 16.7 Å². The van der Waals surface area contributed by atoms with Gasteiger partial charge in [0.15, 0.2) is 8.32 Å². The third-order valence-electron chi connectivity index (χ3n) is 8.00. The summed E-state index contributed by atoms with van der Waals surface area (Å²) in [4.78, 5) is 24.9. The largest absolute Gasteiger partial charge is 0.481 e. The van der Waals surface area contributed by atoms with E-state index in [1.165, 1.54) is 0 Å². The molecule has 5 heteroatoms. The molecule has 186 valence electrons. The Balaban J connectivity index is 3.36. The Morgan fingerprint density at radius 3 is 2.06 bits per heavy atom. The van der Waals surface area contributed by atoms with Crippen LogP contribution in [0.25, 0.3) is 0 Å². The van der Waals surface area contributed by atoms with E-state index in [2.05, 4.69) is 53.8 Å². The van der Waals surface area contributed by atoms with Gasteiger partial charge in [0.25, 0.3) is 0 Å². The first kappa shape index (κ1) is 29.1. The fraction of sp³-hybridized carbons (Fsp3) is 0.852. The van der Waals surface area contributed by atoms with Crippen molar-refractivity contribution in [2.75, 3.05) is 0 Å². The van der Waals surface area contributed by atoms with Crippen LogP contribution in [-0.2, 0) is 14.0 Å². The van der Waals surface area contributed by atoms with Crippen LogP contribution in [0.15, 0.2) is 12.2 Å². The molecule has 1 rings (SSSR count). The van der Waals surface area contributed by atoms with Crippen molar-refractivity contribution in [1.82, 2.24) is 0 Å². The molecular weight excluding hydrogens is 416 g/mol. The standard InChI is InChI=1S/C27H50O4Si/c1-9-11-14-18-26(6,31-32(7,8)25(3,4)5)20-21-27(24(29)30,19-17-23(28)10-2)22-15-12-13-16-22/h20-22H,9-19H2,1-8H3,(H,29,30)/t26?,27-/m1/s1. The number of hydrogen-bond donors (Lipinski definition) is 1. The number of carbonyl (C=O) groups is 2. The minimum atomic E-state index is -2.05. The molecule has 1 saturated carbocycles. The van der Waals surface area contributed by atoms with Crippen LogP contribution in [0.1, 0.15) is 112 Å². The van der Waals surface area contributed by atoms with E-state index in [1.54, 1.807) is 0 Å². The zero-order chi connectivity index (χ0) is 24.6. The fourth-order valence-electron chi connectivity index (χ4n) is 4.70. The molecule has 32 heavy (non-hydrogen) atoms. The molecule has 0 aliphatic heterocycles. The minimum Gasteiger partial charge on any atom is -0.481 e. The second-order valence-electron chi connectivity index (χ2n) is 11.7. The first-order valence-corrected chi connectivity index (χ1v) is 15.8. The van der Waals surface area contributed by atoms with Crippen LogP contribution in [0.4, 0.5) is 0 Å². The molecule has 1 unspecified atom stereocenters. The van der Waals surface area contributed by atoms with Crippen molar-refractivity contribution in [2.45, 2.75) is 136 Å². The van der Waals surface area contributed by atoms with Gasteiger partial charge in [-0.15, -0.1) is 0 Å². The van der Waals surface area contributed by atoms with E-state index < -0.39 is 25.3 Å². The Kier molecular flexibility index (Phi) is 10.9. The van der Waals surface area contributed by atoms with E-state index in [0.717, 1.165) is 51.4 Å². The van der Waals surface area contributed by atoms with Crippen molar-refractivity contribution in [3.05, 3.63) is 12.2 Å². The van der Waals surface area contributed by atoms with Crippen molar-refractivity contribution in [3.63, 3.8) is 0 Å². The lowest BCUT2D eigenvalue weighted by Crippen LogP contribution is -2.48. The van der Waals surface area contributed by atoms with Crippen LogP contribution in [0.2, 0.25) is 18.1 Å². The number of unbranched alkanes of at least 4 members (excludes halogenated alkanes) is 2. The summed E-state index contributed by atoms with van der Waals surface area (Å²) in [6.45, 7) is 17.4. The van der Waals surface area contributed by atoms with Gasteiger partial charge >= 0.3 is 5.97 Å². The maximum absolute atomic E-state index is 12.7. The summed E-state index contributed by atoms with van der Waals surface area (Å²) in [5.41, 5.74) is -1.48. The average Bonchev–Trinajstić information content (AvgIpc) is 3.22. The summed E-state index contributed by atoms with van der Waals surface area (Å²) < 4.78 is 6.91. The molecule has 4 nitrogen and oxygen atoms in total. The molecule has 0 amide bonds. The third kappa shape index (κ3) is 7.83. The maximum Gasteiger partial charge on any atom is 0.313 e. The molecule has 0 aromatic heterocycles. The average molecular weight is 467 g/mol. The van der Waals surface area contributed by atoms with Gasteiger partial charge in [0, 0.05) is 12.8 Å². The van der Waals surface area contributed by atoms with Gasteiger partial charge in [-0.25, -0.2) is 0 Å². The third-order valence-corrected chi connectivity index (χ3v) is 12.6.